The van der Waals surface area contributed by atoms with Gasteiger partial charge in [0.15, 0.2) is 10.4 Å². The Labute approximate surface area is 148 Å². The summed E-state index contributed by atoms with van der Waals surface area (Å²) in [6.45, 7) is 4.00. The monoisotopic (exact) mass is 371 g/mol. The standard InChI is InChI=1S/C15H18ClN3O2S2/c1-3-9-22-15-19-18-14(23-15)17-13(20)12(4-2)21-11-7-5-10(16)6-8-11/h5-8,12H,3-4,9H2,1-2H3,(H,17,18,20)/t12-/m1/s1. The lowest BCUT2D eigenvalue weighted by atomic mass is 10.2. The van der Waals surface area contributed by atoms with E-state index in [-0.39, 0.29) is 5.91 Å². The van der Waals surface area contributed by atoms with Crippen LogP contribution in [0.15, 0.2) is 28.6 Å². The molecule has 1 heterocycles. The van der Waals surface area contributed by atoms with E-state index in [9.17, 15) is 4.79 Å². The van der Waals surface area contributed by atoms with Gasteiger partial charge in [-0.15, -0.1) is 10.2 Å². The lowest BCUT2D eigenvalue weighted by Gasteiger charge is -2.16. The highest BCUT2D eigenvalue weighted by Crippen LogP contribution is 2.26. The van der Waals surface area contributed by atoms with Gasteiger partial charge in [0.05, 0.1) is 0 Å². The van der Waals surface area contributed by atoms with Gasteiger partial charge in [-0.1, -0.05) is 48.5 Å². The van der Waals surface area contributed by atoms with Crippen molar-refractivity contribution in [3.05, 3.63) is 29.3 Å². The minimum atomic E-state index is -0.591. The summed E-state index contributed by atoms with van der Waals surface area (Å²) in [4.78, 5) is 12.3. The second kappa shape index (κ2) is 9.10. The largest absolute Gasteiger partial charge is 0.481 e. The number of anilines is 1. The topological polar surface area (TPSA) is 64.1 Å². The van der Waals surface area contributed by atoms with Crippen molar-refractivity contribution in [1.29, 1.82) is 0 Å². The summed E-state index contributed by atoms with van der Waals surface area (Å²) in [6, 6.07) is 6.93. The molecule has 1 aromatic heterocycles. The molecule has 0 aliphatic rings. The van der Waals surface area contributed by atoms with Crippen molar-refractivity contribution in [2.24, 2.45) is 0 Å². The number of amides is 1. The van der Waals surface area contributed by atoms with Crippen LogP contribution in [0.25, 0.3) is 0 Å². The van der Waals surface area contributed by atoms with Gasteiger partial charge in [0.2, 0.25) is 5.13 Å². The van der Waals surface area contributed by atoms with Gasteiger partial charge in [-0.2, -0.15) is 0 Å². The Bertz CT molecular complexity index is 634. The third-order valence-corrected chi connectivity index (χ3v) is 5.25. The maximum atomic E-state index is 12.3. The molecule has 0 spiro atoms. The number of halogens is 1. The van der Waals surface area contributed by atoms with Crippen molar-refractivity contribution in [2.45, 2.75) is 37.1 Å². The minimum absolute atomic E-state index is 0.231. The maximum absolute atomic E-state index is 12.3. The molecular formula is C15H18ClN3O2S2. The van der Waals surface area contributed by atoms with Gasteiger partial charge < -0.3 is 4.74 Å². The fraction of sp³-hybridized carbons (Fsp3) is 0.400. The minimum Gasteiger partial charge on any atom is -0.481 e. The fourth-order valence-electron chi connectivity index (χ4n) is 1.69. The van der Waals surface area contributed by atoms with E-state index < -0.39 is 6.10 Å². The SMILES string of the molecule is CCCSc1nnc(NC(=O)[C@@H](CC)Oc2ccc(Cl)cc2)s1. The quantitative estimate of drug-likeness (QED) is 0.547. The normalized spacial score (nSPS) is 12.0. The molecule has 124 valence electrons. The number of hydrogen-bond donors (Lipinski definition) is 1. The van der Waals surface area contributed by atoms with Crippen LogP contribution in [0, 0.1) is 0 Å². The zero-order chi connectivity index (χ0) is 16.7. The van der Waals surface area contributed by atoms with E-state index >= 15 is 0 Å². The first-order valence-electron chi connectivity index (χ1n) is 7.31. The lowest BCUT2D eigenvalue weighted by Crippen LogP contribution is -2.32. The molecule has 0 saturated carbocycles. The molecule has 0 saturated heterocycles. The van der Waals surface area contributed by atoms with E-state index in [1.165, 1.54) is 11.3 Å². The van der Waals surface area contributed by atoms with E-state index in [0.717, 1.165) is 16.5 Å². The first-order chi connectivity index (χ1) is 11.1. The van der Waals surface area contributed by atoms with Gasteiger partial charge in [0, 0.05) is 10.8 Å². The molecule has 1 aromatic carbocycles. The predicted octanol–water partition coefficient (Wildman–Crippen LogP) is 4.49. The van der Waals surface area contributed by atoms with E-state index in [4.69, 9.17) is 16.3 Å². The first-order valence-corrected chi connectivity index (χ1v) is 9.49. The summed E-state index contributed by atoms with van der Waals surface area (Å²) in [5.41, 5.74) is 0. The van der Waals surface area contributed by atoms with E-state index in [0.29, 0.717) is 22.3 Å². The van der Waals surface area contributed by atoms with Crippen LogP contribution < -0.4 is 10.1 Å². The molecule has 1 amide bonds. The Morgan fingerprint density at radius 2 is 2.09 bits per heavy atom. The maximum Gasteiger partial charge on any atom is 0.267 e. The number of thioether (sulfide) groups is 1. The van der Waals surface area contributed by atoms with Crippen molar-refractivity contribution >= 4 is 45.7 Å². The summed E-state index contributed by atoms with van der Waals surface area (Å²) in [7, 11) is 0. The van der Waals surface area contributed by atoms with Gasteiger partial charge in [-0.25, -0.2) is 0 Å². The summed E-state index contributed by atoms with van der Waals surface area (Å²) < 4.78 is 6.56. The first kappa shape index (κ1) is 18.0. The highest BCUT2D eigenvalue weighted by atomic mass is 35.5. The highest BCUT2D eigenvalue weighted by Gasteiger charge is 2.20. The summed E-state index contributed by atoms with van der Waals surface area (Å²) >= 11 is 8.85. The van der Waals surface area contributed by atoms with Crippen LogP contribution in [0.5, 0.6) is 5.75 Å². The molecule has 0 aliphatic heterocycles. The third kappa shape index (κ3) is 5.67. The van der Waals surface area contributed by atoms with Crippen LogP contribution in [-0.4, -0.2) is 28.0 Å². The Kier molecular flexibility index (Phi) is 7.14. The summed E-state index contributed by atoms with van der Waals surface area (Å²) in [6.07, 6.45) is 1.02. The molecule has 5 nitrogen and oxygen atoms in total. The molecular weight excluding hydrogens is 354 g/mol. The number of nitrogens with one attached hydrogen (secondary N) is 1. The predicted molar refractivity (Wildman–Crippen MR) is 95.7 cm³/mol. The Morgan fingerprint density at radius 1 is 1.35 bits per heavy atom. The van der Waals surface area contributed by atoms with Crippen molar-refractivity contribution < 1.29 is 9.53 Å². The van der Waals surface area contributed by atoms with Gasteiger partial charge in [-0.05, 0) is 37.1 Å². The number of nitrogens with zero attached hydrogens (tertiary/aromatic N) is 2. The highest BCUT2D eigenvalue weighted by molar-refractivity contribution is 8.01. The molecule has 23 heavy (non-hydrogen) atoms. The number of carbonyl (C=O) groups excluding carboxylic acids is 1. The number of aromatic nitrogens is 2. The molecule has 0 unspecified atom stereocenters. The summed E-state index contributed by atoms with van der Waals surface area (Å²) in [5, 5.41) is 11.9. The van der Waals surface area contributed by atoms with Crippen molar-refractivity contribution in [2.75, 3.05) is 11.1 Å². The van der Waals surface area contributed by atoms with E-state index in [2.05, 4.69) is 22.4 Å². The lowest BCUT2D eigenvalue weighted by molar-refractivity contribution is -0.122. The molecule has 1 atom stereocenters. The van der Waals surface area contributed by atoms with Crippen LogP contribution in [0.1, 0.15) is 26.7 Å². The Morgan fingerprint density at radius 3 is 2.74 bits per heavy atom. The average Bonchev–Trinajstić information content (AvgIpc) is 2.99. The zero-order valence-electron chi connectivity index (χ0n) is 12.9. The van der Waals surface area contributed by atoms with Crippen molar-refractivity contribution in [3.8, 4) is 5.75 Å². The van der Waals surface area contributed by atoms with Gasteiger partial charge in [0.25, 0.3) is 5.91 Å². The number of hydrogen-bond acceptors (Lipinski definition) is 6. The number of rotatable bonds is 8. The number of ether oxygens (including phenoxy) is 1. The molecule has 0 radical (unpaired) electrons. The Hall–Kier alpha value is -1.31. The van der Waals surface area contributed by atoms with Gasteiger partial charge in [0.1, 0.15) is 5.75 Å². The molecule has 0 fully saturated rings. The third-order valence-electron chi connectivity index (χ3n) is 2.82. The van der Waals surface area contributed by atoms with E-state index in [1.54, 1.807) is 36.0 Å². The van der Waals surface area contributed by atoms with Crippen LogP contribution in [0.4, 0.5) is 5.13 Å². The Balaban J connectivity index is 1.94. The van der Waals surface area contributed by atoms with Crippen molar-refractivity contribution in [1.82, 2.24) is 10.2 Å². The number of carbonyl (C=O) groups is 1. The molecule has 2 aromatic rings. The van der Waals surface area contributed by atoms with Crippen LogP contribution in [0.2, 0.25) is 5.02 Å². The zero-order valence-corrected chi connectivity index (χ0v) is 15.3. The van der Waals surface area contributed by atoms with Crippen molar-refractivity contribution in [3.63, 3.8) is 0 Å². The molecule has 2 rings (SSSR count). The molecule has 0 aliphatic carbocycles. The molecule has 0 bridgehead atoms. The van der Waals surface area contributed by atoms with Crippen LogP contribution >= 0.6 is 34.7 Å². The molecule has 1 N–H and O–H groups in total. The molecule has 8 heteroatoms. The number of benzene rings is 1. The fourth-order valence-corrected chi connectivity index (χ4v) is 3.50. The average molecular weight is 372 g/mol. The van der Waals surface area contributed by atoms with Gasteiger partial charge >= 0.3 is 0 Å². The second-order valence-electron chi connectivity index (χ2n) is 4.68. The van der Waals surface area contributed by atoms with E-state index in [1.807, 2.05) is 6.92 Å². The van der Waals surface area contributed by atoms with Crippen LogP contribution in [-0.2, 0) is 4.79 Å². The second-order valence-corrected chi connectivity index (χ2v) is 7.44. The van der Waals surface area contributed by atoms with Gasteiger partial charge in [-0.3, -0.25) is 10.1 Å². The van der Waals surface area contributed by atoms with Crippen LogP contribution in [0.3, 0.4) is 0 Å². The summed E-state index contributed by atoms with van der Waals surface area (Å²) in [5.74, 6) is 1.36. The smallest absolute Gasteiger partial charge is 0.267 e.